The summed E-state index contributed by atoms with van der Waals surface area (Å²) in [5, 5.41) is 3.42. The van der Waals surface area contributed by atoms with Crippen LogP contribution < -0.4 is 5.32 Å². The van der Waals surface area contributed by atoms with Crippen LogP contribution in [0.25, 0.3) is 11.3 Å². The molecule has 1 aromatic carbocycles. The van der Waals surface area contributed by atoms with Crippen LogP contribution in [0.5, 0.6) is 0 Å². The van der Waals surface area contributed by atoms with Gasteiger partial charge in [0.1, 0.15) is 0 Å². The van der Waals surface area contributed by atoms with Gasteiger partial charge in [0, 0.05) is 27.3 Å². The number of rotatable bonds is 3. The Hall–Kier alpha value is -2.05. The normalized spacial score (nSPS) is 10.6. The molecule has 3 aromatic rings. The average molecular weight is 388 g/mol. The molecule has 0 spiro atoms. The molecule has 2 heterocycles. The Bertz CT molecular complexity index is 859. The average Bonchev–Trinajstić information content (AvgIpc) is 2.88. The van der Waals surface area contributed by atoms with Crippen molar-refractivity contribution < 1.29 is 4.79 Å². The number of hydrogen-bond acceptors (Lipinski definition) is 4. The molecular formula is C17H14BrN3OS. The second kappa shape index (κ2) is 6.60. The summed E-state index contributed by atoms with van der Waals surface area (Å²) in [5.74, 6) is -0.219. The smallest absolute Gasteiger partial charge is 0.259 e. The maximum absolute atomic E-state index is 12.3. The summed E-state index contributed by atoms with van der Waals surface area (Å²) < 4.78 is 0.765. The fraction of sp³-hybridized carbons (Fsp3) is 0.118. The molecule has 0 bridgehead atoms. The van der Waals surface area contributed by atoms with E-state index in [9.17, 15) is 4.79 Å². The van der Waals surface area contributed by atoms with Crippen molar-refractivity contribution in [3.05, 3.63) is 63.2 Å². The molecule has 2 aromatic heterocycles. The van der Waals surface area contributed by atoms with Gasteiger partial charge in [0.05, 0.1) is 11.3 Å². The van der Waals surface area contributed by atoms with E-state index in [0.717, 1.165) is 20.6 Å². The van der Waals surface area contributed by atoms with Crippen molar-refractivity contribution in [2.75, 3.05) is 5.32 Å². The Balaban J connectivity index is 1.83. The number of amides is 1. The van der Waals surface area contributed by atoms with Crippen LogP contribution in [0, 0.1) is 13.8 Å². The number of aromatic nitrogens is 2. The van der Waals surface area contributed by atoms with Gasteiger partial charge in [-0.05, 0) is 35.8 Å². The molecule has 23 heavy (non-hydrogen) atoms. The van der Waals surface area contributed by atoms with E-state index >= 15 is 0 Å². The molecule has 0 aliphatic rings. The zero-order chi connectivity index (χ0) is 16.4. The first-order valence-corrected chi connectivity index (χ1v) is 8.60. The molecular weight excluding hydrogens is 374 g/mol. The van der Waals surface area contributed by atoms with Crippen molar-refractivity contribution in [3.63, 3.8) is 0 Å². The topological polar surface area (TPSA) is 54.9 Å². The van der Waals surface area contributed by atoms with Gasteiger partial charge in [-0.1, -0.05) is 29.8 Å². The van der Waals surface area contributed by atoms with E-state index in [0.29, 0.717) is 10.7 Å². The highest BCUT2D eigenvalue weighted by molar-refractivity contribution is 9.10. The molecule has 6 heteroatoms. The minimum Gasteiger partial charge on any atom is -0.298 e. The van der Waals surface area contributed by atoms with Crippen LogP contribution in [0.1, 0.15) is 20.8 Å². The van der Waals surface area contributed by atoms with E-state index in [1.54, 1.807) is 12.3 Å². The largest absolute Gasteiger partial charge is 0.298 e. The van der Waals surface area contributed by atoms with Gasteiger partial charge in [0.15, 0.2) is 5.13 Å². The van der Waals surface area contributed by atoms with Crippen LogP contribution in [-0.4, -0.2) is 15.9 Å². The molecule has 0 aliphatic carbocycles. The summed E-state index contributed by atoms with van der Waals surface area (Å²) >= 11 is 4.78. The van der Waals surface area contributed by atoms with Gasteiger partial charge in [0.2, 0.25) is 0 Å². The summed E-state index contributed by atoms with van der Waals surface area (Å²) in [7, 11) is 0. The van der Waals surface area contributed by atoms with E-state index < -0.39 is 0 Å². The van der Waals surface area contributed by atoms with Crippen LogP contribution in [0.3, 0.4) is 0 Å². The van der Waals surface area contributed by atoms with E-state index in [1.807, 2.05) is 19.1 Å². The standard InChI is InChI=1S/C17H14BrN3OS/c1-10-3-5-12(6-4-10)15-11(2)23-17(20-15)21-16(22)13-7-14(18)9-19-8-13/h3-9H,1-2H3,(H,20,21,22). The maximum atomic E-state index is 12.3. The summed E-state index contributed by atoms with van der Waals surface area (Å²) in [4.78, 5) is 21.9. The van der Waals surface area contributed by atoms with E-state index in [2.05, 4.69) is 50.3 Å². The lowest BCUT2D eigenvalue weighted by molar-refractivity contribution is 0.102. The molecule has 1 amide bonds. The Morgan fingerprint density at radius 2 is 1.91 bits per heavy atom. The summed E-state index contributed by atoms with van der Waals surface area (Å²) in [6, 6.07) is 9.92. The third-order valence-electron chi connectivity index (χ3n) is 3.31. The number of hydrogen-bond donors (Lipinski definition) is 1. The van der Waals surface area contributed by atoms with E-state index in [4.69, 9.17) is 0 Å². The number of nitrogens with one attached hydrogen (secondary N) is 1. The van der Waals surface area contributed by atoms with Crippen molar-refractivity contribution in [1.82, 2.24) is 9.97 Å². The number of halogens is 1. The second-order valence-corrected chi connectivity index (χ2v) is 7.25. The number of nitrogens with zero attached hydrogens (tertiary/aromatic N) is 2. The van der Waals surface area contributed by atoms with Crippen LogP contribution in [0.15, 0.2) is 47.2 Å². The highest BCUT2D eigenvalue weighted by Crippen LogP contribution is 2.30. The minimum absolute atomic E-state index is 0.219. The number of pyridine rings is 1. The van der Waals surface area contributed by atoms with Crippen LogP contribution in [0.4, 0.5) is 5.13 Å². The quantitative estimate of drug-likeness (QED) is 0.699. The number of thiazole rings is 1. The SMILES string of the molecule is Cc1ccc(-c2nc(NC(=O)c3cncc(Br)c3)sc2C)cc1. The highest BCUT2D eigenvalue weighted by Gasteiger charge is 2.13. The third kappa shape index (κ3) is 3.65. The Morgan fingerprint density at radius 1 is 1.17 bits per heavy atom. The molecule has 0 saturated carbocycles. The van der Waals surface area contributed by atoms with Crippen LogP contribution >= 0.6 is 27.3 Å². The third-order valence-corrected chi connectivity index (χ3v) is 4.63. The molecule has 1 N–H and O–H groups in total. The second-order valence-electron chi connectivity index (χ2n) is 5.14. The van der Waals surface area contributed by atoms with Gasteiger partial charge in [-0.2, -0.15) is 0 Å². The number of carbonyl (C=O) groups excluding carboxylic acids is 1. The highest BCUT2D eigenvalue weighted by atomic mass is 79.9. The molecule has 4 nitrogen and oxygen atoms in total. The number of anilines is 1. The zero-order valence-corrected chi connectivity index (χ0v) is 15.0. The van der Waals surface area contributed by atoms with Gasteiger partial charge in [-0.3, -0.25) is 15.1 Å². The van der Waals surface area contributed by atoms with Crippen molar-refractivity contribution in [1.29, 1.82) is 0 Å². The molecule has 0 aliphatic heterocycles. The molecule has 3 rings (SSSR count). The lowest BCUT2D eigenvalue weighted by Gasteiger charge is -2.01. The monoisotopic (exact) mass is 387 g/mol. The molecule has 0 atom stereocenters. The molecule has 0 fully saturated rings. The number of benzene rings is 1. The number of carbonyl (C=O) groups is 1. The summed E-state index contributed by atoms with van der Waals surface area (Å²) in [6.45, 7) is 4.05. The van der Waals surface area contributed by atoms with Crippen LogP contribution in [-0.2, 0) is 0 Å². The first kappa shape index (κ1) is 15.8. The molecule has 0 saturated heterocycles. The first-order valence-electron chi connectivity index (χ1n) is 6.99. The molecule has 116 valence electrons. The first-order chi connectivity index (χ1) is 11.0. The van der Waals surface area contributed by atoms with Crippen molar-refractivity contribution in [2.24, 2.45) is 0 Å². The maximum Gasteiger partial charge on any atom is 0.259 e. The Labute approximate surface area is 146 Å². The molecule has 0 radical (unpaired) electrons. The number of aryl methyl sites for hydroxylation is 2. The van der Waals surface area contributed by atoms with Crippen LogP contribution in [0.2, 0.25) is 0 Å². The predicted molar refractivity (Wildman–Crippen MR) is 96.9 cm³/mol. The van der Waals surface area contributed by atoms with Crippen molar-refractivity contribution in [2.45, 2.75) is 13.8 Å². The van der Waals surface area contributed by atoms with E-state index in [1.165, 1.54) is 23.1 Å². The van der Waals surface area contributed by atoms with Gasteiger partial charge < -0.3 is 0 Å². The lowest BCUT2D eigenvalue weighted by atomic mass is 10.1. The molecule has 0 unspecified atom stereocenters. The lowest BCUT2D eigenvalue weighted by Crippen LogP contribution is -2.11. The van der Waals surface area contributed by atoms with E-state index in [-0.39, 0.29) is 5.91 Å². The Kier molecular flexibility index (Phi) is 4.54. The Morgan fingerprint density at radius 3 is 2.61 bits per heavy atom. The van der Waals surface area contributed by atoms with Crippen molar-refractivity contribution >= 4 is 38.3 Å². The predicted octanol–water partition coefficient (Wildman–Crippen LogP) is 4.84. The zero-order valence-electron chi connectivity index (χ0n) is 12.6. The van der Waals surface area contributed by atoms with Crippen molar-refractivity contribution in [3.8, 4) is 11.3 Å². The van der Waals surface area contributed by atoms with Gasteiger partial charge in [-0.25, -0.2) is 4.98 Å². The summed E-state index contributed by atoms with van der Waals surface area (Å²) in [5.41, 5.74) is 3.65. The fourth-order valence-corrected chi connectivity index (χ4v) is 3.33. The summed E-state index contributed by atoms with van der Waals surface area (Å²) in [6.07, 6.45) is 3.17. The van der Waals surface area contributed by atoms with Gasteiger partial charge >= 0.3 is 0 Å². The van der Waals surface area contributed by atoms with Gasteiger partial charge in [-0.15, -0.1) is 11.3 Å². The fourth-order valence-electron chi connectivity index (χ4n) is 2.13. The van der Waals surface area contributed by atoms with Gasteiger partial charge in [0.25, 0.3) is 5.91 Å². The minimum atomic E-state index is -0.219.